The Hall–Kier alpha value is -2.73. The topological polar surface area (TPSA) is 85.4 Å². The van der Waals surface area contributed by atoms with Gasteiger partial charge in [-0.2, -0.15) is 4.72 Å². The standard InChI is InChI=1S/C18H14N2O4S2/c1-2-11-19-26(22,23)14-9-7-13(8-10-14)18(21)24-12-17-20-15-5-3-4-6-16(15)25-17/h1,3-10,19H,11-12H2. The number of carbonyl (C=O) groups excluding carboxylic acids is 1. The number of terminal acetylenes is 1. The maximum atomic E-state index is 12.1. The van der Waals surface area contributed by atoms with Gasteiger partial charge in [-0.3, -0.25) is 0 Å². The molecule has 0 fully saturated rings. The summed E-state index contributed by atoms with van der Waals surface area (Å²) in [7, 11) is -3.69. The zero-order valence-electron chi connectivity index (χ0n) is 13.5. The number of rotatable bonds is 6. The van der Waals surface area contributed by atoms with Crippen molar-refractivity contribution >= 4 is 37.5 Å². The van der Waals surface area contributed by atoms with E-state index >= 15 is 0 Å². The molecule has 0 saturated carbocycles. The minimum absolute atomic E-state index is 0.0236. The van der Waals surface area contributed by atoms with E-state index in [2.05, 4.69) is 15.6 Å². The van der Waals surface area contributed by atoms with Gasteiger partial charge in [0.2, 0.25) is 10.0 Å². The van der Waals surface area contributed by atoms with Crippen molar-refractivity contribution in [1.82, 2.24) is 9.71 Å². The van der Waals surface area contributed by atoms with Crippen LogP contribution < -0.4 is 4.72 Å². The predicted molar refractivity (Wildman–Crippen MR) is 99.2 cm³/mol. The lowest BCUT2D eigenvalue weighted by Gasteiger charge is -2.06. The highest BCUT2D eigenvalue weighted by atomic mass is 32.2. The molecular formula is C18H14N2O4S2. The molecule has 6 nitrogen and oxygen atoms in total. The Balaban J connectivity index is 1.65. The number of thiazole rings is 1. The van der Waals surface area contributed by atoms with Crippen LogP contribution in [0, 0.1) is 12.3 Å². The van der Waals surface area contributed by atoms with E-state index in [9.17, 15) is 13.2 Å². The number of benzene rings is 2. The molecule has 0 aliphatic heterocycles. The quantitative estimate of drug-likeness (QED) is 0.520. The van der Waals surface area contributed by atoms with Gasteiger partial charge in [0.15, 0.2) is 0 Å². The minimum Gasteiger partial charge on any atom is -0.455 e. The summed E-state index contributed by atoms with van der Waals surface area (Å²) in [5.74, 6) is 1.64. The molecule has 0 amide bonds. The van der Waals surface area contributed by atoms with Gasteiger partial charge in [0.25, 0.3) is 0 Å². The van der Waals surface area contributed by atoms with Crippen LogP contribution >= 0.6 is 11.3 Å². The van der Waals surface area contributed by atoms with Gasteiger partial charge in [-0.05, 0) is 36.4 Å². The Morgan fingerprint density at radius 1 is 1.19 bits per heavy atom. The van der Waals surface area contributed by atoms with Crippen LogP contribution in [0.4, 0.5) is 0 Å². The molecule has 0 unspecified atom stereocenters. The molecule has 1 aromatic heterocycles. The molecule has 0 bridgehead atoms. The van der Waals surface area contributed by atoms with Crippen molar-refractivity contribution < 1.29 is 17.9 Å². The summed E-state index contributed by atoms with van der Waals surface area (Å²) in [6.45, 7) is -0.0454. The van der Waals surface area contributed by atoms with Gasteiger partial charge in [-0.1, -0.05) is 18.1 Å². The van der Waals surface area contributed by atoms with E-state index in [1.54, 1.807) is 0 Å². The predicted octanol–water partition coefficient (Wildman–Crippen LogP) is 2.56. The number of nitrogens with one attached hydrogen (secondary N) is 1. The van der Waals surface area contributed by atoms with Crippen LogP contribution in [-0.2, 0) is 21.4 Å². The van der Waals surface area contributed by atoms with Gasteiger partial charge in [-0.15, -0.1) is 17.8 Å². The Labute approximate surface area is 154 Å². The number of fused-ring (bicyclic) bond motifs is 1. The number of esters is 1. The first-order valence-corrected chi connectivity index (χ1v) is 9.84. The molecule has 0 saturated heterocycles. The third-order valence-electron chi connectivity index (χ3n) is 3.43. The molecule has 3 aromatic rings. The largest absolute Gasteiger partial charge is 0.455 e. The summed E-state index contributed by atoms with van der Waals surface area (Å²) in [5, 5.41) is 0.692. The first kappa shape index (κ1) is 18.1. The first-order valence-electron chi connectivity index (χ1n) is 7.54. The van der Waals surface area contributed by atoms with Gasteiger partial charge in [0.05, 0.1) is 27.2 Å². The fourth-order valence-electron chi connectivity index (χ4n) is 2.18. The second-order valence-electron chi connectivity index (χ2n) is 5.20. The molecule has 8 heteroatoms. The zero-order chi connectivity index (χ0) is 18.6. The summed E-state index contributed by atoms with van der Waals surface area (Å²) < 4.78 is 32.4. The van der Waals surface area contributed by atoms with E-state index in [0.717, 1.165) is 10.2 Å². The maximum absolute atomic E-state index is 12.1. The van der Waals surface area contributed by atoms with Crippen molar-refractivity contribution in [2.45, 2.75) is 11.5 Å². The van der Waals surface area contributed by atoms with Crippen molar-refractivity contribution in [2.75, 3.05) is 6.54 Å². The molecule has 0 radical (unpaired) electrons. The molecular weight excluding hydrogens is 372 g/mol. The second-order valence-corrected chi connectivity index (χ2v) is 8.09. The van der Waals surface area contributed by atoms with Gasteiger partial charge >= 0.3 is 5.97 Å². The Morgan fingerprint density at radius 3 is 2.62 bits per heavy atom. The van der Waals surface area contributed by atoms with E-state index < -0.39 is 16.0 Å². The lowest BCUT2D eigenvalue weighted by molar-refractivity contribution is 0.0472. The number of hydrogen-bond donors (Lipinski definition) is 1. The van der Waals surface area contributed by atoms with E-state index in [4.69, 9.17) is 11.2 Å². The Morgan fingerprint density at radius 2 is 1.92 bits per heavy atom. The average molecular weight is 386 g/mol. The molecule has 132 valence electrons. The third kappa shape index (κ3) is 4.08. The Kier molecular flexibility index (Phi) is 5.32. The van der Waals surface area contributed by atoms with Crippen molar-refractivity contribution in [3.8, 4) is 12.3 Å². The zero-order valence-corrected chi connectivity index (χ0v) is 15.1. The van der Waals surface area contributed by atoms with Crippen LogP contribution in [0.5, 0.6) is 0 Å². The van der Waals surface area contributed by atoms with Crippen molar-refractivity contribution in [1.29, 1.82) is 0 Å². The fourth-order valence-corrected chi connectivity index (χ4v) is 4.00. The minimum atomic E-state index is -3.69. The summed E-state index contributed by atoms with van der Waals surface area (Å²) in [5.41, 5.74) is 1.11. The van der Waals surface area contributed by atoms with E-state index in [-0.39, 0.29) is 23.6 Å². The van der Waals surface area contributed by atoms with Crippen LogP contribution in [-0.4, -0.2) is 25.9 Å². The van der Waals surface area contributed by atoms with Gasteiger partial charge in [0.1, 0.15) is 11.6 Å². The molecule has 0 atom stereocenters. The maximum Gasteiger partial charge on any atom is 0.338 e. The van der Waals surface area contributed by atoms with Crippen LogP contribution in [0.3, 0.4) is 0 Å². The lowest BCUT2D eigenvalue weighted by Crippen LogP contribution is -2.23. The molecule has 0 aliphatic rings. The van der Waals surface area contributed by atoms with E-state index in [1.807, 2.05) is 24.3 Å². The van der Waals surface area contributed by atoms with Gasteiger partial charge in [-0.25, -0.2) is 18.2 Å². The molecule has 26 heavy (non-hydrogen) atoms. The first-order chi connectivity index (χ1) is 12.5. The highest BCUT2D eigenvalue weighted by molar-refractivity contribution is 7.89. The van der Waals surface area contributed by atoms with Crippen molar-refractivity contribution in [2.24, 2.45) is 0 Å². The number of para-hydroxylation sites is 1. The summed E-state index contributed by atoms with van der Waals surface area (Å²) in [6, 6.07) is 13.1. The molecule has 1 heterocycles. The normalized spacial score (nSPS) is 11.2. The average Bonchev–Trinajstić information content (AvgIpc) is 3.07. The molecule has 1 N–H and O–H groups in total. The highest BCUT2D eigenvalue weighted by Gasteiger charge is 2.15. The highest BCUT2D eigenvalue weighted by Crippen LogP contribution is 2.22. The summed E-state index contributed by atoms with van der Waals surface area (Å²) >= 11 is 1.46. The van der Waals surface area contributed by atoms with E-state index in [1.165, 1.54) is 35.6 Å². The number of sulfonamides is 1. The number of nitrogens with zero attached hydrogens (tertiary/aromatic N) is 1. The summed E-state index contributed by atoms with van der Waals surface area (Å²) in [6.07, 6.45) is 5.04. The number of ether oxygens (including phenoxy) is 1. The number of hydrogen-bond acceptors (Lipinski definition) is 6. The number of carbonyl (C=O) groups is 1. The van der Waals surface area contributed by atoms with Crippen molar-refractivity contribution in [3.63, 3.8) is 0 Å². The summed E-state index contributed by atoms with van der Waals surface area (Å²) in [4.78, 5) is 16.5. The lowest BCUT2D eigenvalue weighted by atomic mass is 10.2. The van der Waals surface area contributed by atoms with Crippen LogP contribution in [0.15, 0.2) is 53.4 Å². The molecule has 0 aliphatic carbocycles. The number of aromatic nitrogens is 1. The van der Waals surface area contributed by atoms with Crippen LogP contribution in [0.1, 0.15) is 15.4 Å². The van der Waals surface area contributed by atoms with E-state index in [0.29, 0.717) is 5.01 Å². The fraction of sp³-hybridized carbons (Fsp3) is 0.111. The smallest absolute Gasteiger partial charge is 0.338 e. The SMILES string of the molecule is C#CCNS(=O)(=O)c1ccc(C(=O)OCc2nc3ccccc3s2)cc1. The molecule has 0 spiro atoms. The van der Waals surface area contributed by atoms with Crippen LogP contribution in [0.25, 0.3) is 10.2 Å². The van der Waals surface area contributed by atoms with Gasteiger partial charge in [0, 0.05) is 0 Å². The third-order valence-corrected chi connectivity index (χ3v) is 5.86. The second kappa shape index (κ2) is 7.66. The van der Waals surface area contributed by atoms with Gasteiger partial charge < -0.3 is 4.74 Å². The monoisotopic (exact) mass is 386 g/mol. The molecule has 2 aromatic carbocycles. The Bertz CT molecular complexity index is 1050. The molecule has 3 rings (SSSR count). The van der Waals surface area contributed by atoms with Crippen molar-refractivity contribution in [3.05, 3.63) is 59.1 Å². The van der Waals surface area contributed by atoms with Crippen LogP contribution in [0.2, 0.25) is 0 Å².